The third-order valence-electron chi connectivity index (χ3n) is 6.23. The summed E-state index contributed by atoms with van der Waals surface area (Å²) in [7, 11) is -3.85. The average molecular weight is 458 g/mol. The van der Waals surface area contributed by atoms with Crippen molar-refractivity contribution in [2.45, 2.75) is 36.6 Å². The molecule has 2 aromatic carbocycles. The molecule has 2 fully saturated rings. The van der Waals surface area contributed by atoms with Gasteiger partial charge in [-0.15, -0.1) is 0 Å². The molecule has 170 valence electrons. The van der Waals surface area contributed by atoms with E-state index >= 15 is 0 Å². The monoisotopic (exact) mass is 457 g/mol. The highest BCUT2D eigenvalue weighted by Gasteiger charge is 2.40. The fourth-order valence-electron chi connectivity index (χ4n) is 4.57. The molecule has 0 aromatic heterocycles. The molecule has 3 heterocycles. The van der Waals surface area contributed by atoms with Crippen molar-refractivity contribution >= 4 is 27.3 Å². The molecule has 2 aromatic rings. The molecule has 0 radical (unpaired) electrons. The van der Waals surface area contributed by atoms with Crippen molar-refractivity contribution in [2.75, 3.05) is 43.1 Å². The van der Waals surface area contributed by atoms with Gasteiger partial charge in [-0.3, -0.25) is 4.79 Å². The maximum Gasteiger partial charge on any atom is 0.243 e. The lowest BCUT2D eigenvalue weighted by Crippen LogP contribution is -2.43. The van der Waals surface area contributed by atoms with Crippen LogP contribution in [0.3, 0.4) is 0 Å². The molecule has 1 N–H and O–H groups in total. The highest BCUT2D eigenvalue weighted by molar-refractivity contribution is 7.89. The van der Waals surface area contributed by atoms with E-state index in [9.17, 15) is 13.2 Å². The van der Waals surface area contributed by atoms with Crippen LogP contribution in [0.1, 0.15) is 25.7 Å². The molecular weight excluding hydrogens is 430 g/mol. The second-order valence-corrected chi connectivity index (χ2v) is 10.2. The third kappa shape index (κ3) is 4.02. The average Bonchev–Trinajstić information content (AvgIpc) is 3.52. The standard InChI is InChI=1S/C23H27N3O5S/c27-23(24-17-5-7-18(8-6-17)25-11-1-2-12-25)20-4-3-13-26(20)32(28,29)19-9-10-21-22(16-19)31-15-14-30-21/h5-10,16,20H,1-4,11-15H2,(H,24,27)/t20-/m1/s1. The second kappa shape index (κ2) is 8.63. The van der Waals surface area contributed by atoms with E-state index < -0.39 is 16.1 Å². The molecule has 2 saturated heterocycles. The topological polar surface area (TPSA) is 88.2 Å². The lowest BCUT2D eigenvalue weighted by molar-refractivity contribution is -0.119. The predicted octanol–water partition coefficient (Wildman–Crippen LogP) is 2.85. The highest BCUT2D eigenvalue weighted by atomic mass is 32.2. The normalized spacial score (nSPS) is 21.0. The molecule has 0 unspecified atom stereocenters. The van der Waals surface area contributed by atoms with Gasteiger partial charge < -0.3 is 19.7 Å². The quantitative estimate of drug-likeness (QED) is 0.743. The number of carbonyl (C=O) groups is 1. The Morgan fingerprint density at radius 2 is 1.62 bits per heavy atom. The predicted molar refractivity (Wildman–Crippen MR) is 121 cm³/mol. The van der Waals surface area contributed by atoms with Crippen LogP contribution < -0.4 is 19.7 Å². The molecule has 0 bridgehead atoms. The van der Waals surface area contributed by atoms with Crippen LogP contribution >= 0.6 is 0 Å². The lowest BCUT2D eigenvalue weighted by atomic mass is 10.2. The Hall–Kier alpha value is -2.78. The van der Waals surface area contributed by atoms with Crippen molar-refractivity contribution in [1.82, 2.24) is 4.31 Å². The van der Waals surface area contributed by atoms with E-state index in [0.717, 1.165) is 18.8 Å². The number of hydrogen-bond donors (Lipinski definition) is 1. The number of fused-ring (bicyclic) bond motifs is 1. The maximum absolute atomic E-state index is 13.3. The number of benzene rings is 2. The van der Waals surface area contributed by atoms with Gasteiger partial charge in [0.15, 0.2) is 11.5 Å². The van der Waals surface area contributed by atoms with Crippen LogP contribution in [0.2, 0.25) is 0 Å². The van der Waals surface area contributed by atoms with E-state index in [0.29, 0.717) is 49.8 Å². The van der Waals surface area contributed by atoms with Crippen molar-refractivity contribution in [1.29, 1.82) is 0 Å². The summed E-state index contributed by atoms with van der Waals surface area (Å²) in [6.45, 7) is 3.23. The van der Waals surface area contributed by atoms with Crippen LogP contribution in [-0.2, 0) is 14.8 Å². The first-order chi connectivity index (χ1) is 15.5. The van der Waals surface area contributed by atoms with Gasteiger partial charge in [-0.1, -0.05) is 0 Å². The molecule has 5 rings (SSSR count). The molecule has 1 atom stereocenters. The lowest BCUT2D eigenvalue weighted by Gasteiger charge is -2.25. The summed E-state index contributed by atoms with van der Waals surface area (Å²) in [6, 6.07) is 11.6. The van der Waals surface area contributed by atoms with Crippen LogP contribution in [0, 0.1) is 0 Å². The van der Waals surface area contributed by atoms with Crippen molar-refractivity contribution in [2.24, 2.45) is 0 Å². The van der Waals surface area contributed by atoms with Gasteiger partial charge in [0.2, 0.25) is 15.9 Å². The van der Waals surface area contributed by atoms with E-state index in [4.69, 9.17) is 9.47 Å². The third-order valence-corrected chi connectivity index (χ3v) is 8.14. The summed E-state index contributed by atoms with van der Waals surface area (Å²) in [4.78, 5) is 15.4. The Morgan fingerprint density at radius 1 is 0.906 bits per heavy atom. The van der Waals surface area contributed by atoms with Crippen molar-refractivity contribution in [3.63, 3.8) is 0 Å². The first-order valence-corrected chi connectivity index (χ1v) is 12.5. The molecule has 0 aliphatic carbocycles. The van der Waals surface area contributed by atoms with E-state index in [1.165, 1.54) is 29.3 Å². The van der Waals surface area contributed by atoms with Crippen molar-refractivity contribution in [3.05, 3.63) is 42.5 Å². The minimum Gasteiger partial charge on any atom is -0.486 e. The fraction of sp³-hybridized carbons (Fsp3) is 0.435. The zero-order valence-electron chi connectivity index (χ0n) is 17.8. The Bertz CT molecular complexity index is 1100. The Morgan fingerprint density at radius 3 is 2.38 bits per heavy atom. The number of carbonyl (C=O) groups excluding carboxylic acids is 1. The number of nitrogens with zero attached hydrogens (tertiary/aromatic N) is 2. The van der Waals surface area contributed by atoms with Gasteiger partial charge >= 0.3 is 0 Å². The van der Waals surface area contributed by atoms with Crippen molar-refractivity contribution < 1.29 is 22.7 Å². The Kier molecular flexibility index (Phi) is 5.69. The first-order valence-electron chi connectivity index (χ1n) is 11.1. The van der Waals surface area contributed by atoms with Gasteiger partial charge in [0.25, 0.3) is 0 Å². The van der Waals surface area contributed by atoms with E-state index in [1.54, 1.807) is 6.07 Å². The summed E-state index contributed by atoms with van der Waals surface area (Å²) in [5.41, 5.74) is 1.81. The first kappa shape index (κ1) is 21.1. The molecular formula is C23H27N3O5S. The van der Waals surface area contributed by atoms with Gasteiger partial charge in [-0.05, 0) is 62.1 Å². The summed E-state index contributed by atoms with van der Waals surface area (Å²) >= 11 is 0. The number of sulfonamides is 1. The summed E-state index contributed by atoms with van der Waals surface area (Å²) in [6.07, 6.45) is 3.53. The number of hydrogen-bond acceptors (Lipinski definition) is 6. The van der Waals surface area contributed by atoms with Crippen LogP contribution in [0.25, 0.3) is 0 Å². The molecule has 1 amide bonds. The number of nitrogens with one attached hydrogen (secondary N) is 1. The minimum atomic E-state index is -3.85. The smallest absolute Gasteiger partial charge is 0.243 e. The van der Waals surface area contributed by atoms with E-state index in [-0.39, 0.29) is 10.8 Å². The molecule has 3 aliphatic rings. The highest BCUT2D eigenvalue weighted by Crippen LogP contribution is 2.35. The van der Waals surface area contributed by atoms with Crippen LogP contribution in [0.15, 0.2) is 47.4 Å². The summed E-state index contributed by atoms with van der Waals surface area (Å²) in [5.74, 6) is 0.636. The van der Waals surface area contributed by atoms with Crippen molar-refractivity contribution in [3.8, 4) is 11.5 Å². The maximum atomic E-state index is 13.3. The Labute approximate surface area is 188 Å². The zero-order valence-corrected chi connectivity index (χ0v) is 18.6. The van der Waals surface area contributed by atoms with Crippen LogP contribution in [-0.4, -0.2) is 57.5 Å². The summed E-state index contributed by atoms with van der Waals surface area (Å²) in [5, 5.41) is 2.90. The van der Waals surface area contributed by atoms with E-state index in [2.05, 4.69) is 10.2 Å². The second-order valence-electron chi connectivity index (χ2n) is 8.31. The minimum absolute atomic E-state index is 0.108. The van der Waals surface area contributed by atoms with Gasteiger partial charge in [0, 0.05) is 37.1 Å². The number of anilines is 2. The van der Waals surface area contributed by atoms with Crippen LogP contribution in [0.4, 0.5) is 11.4 Å². The molecule has 0 spiro atoms. The zero-order chi connectivity index (χ0) is 22.1. The molecule has 0 saturated carbocycles. The van der Waals surface area contributed by atoms with Gasteiger partial charge in [-0.25, -0.2) is 8.42 Å². The largest absolute Gasteiger partial charge is 0.486 e. The summed E-state index contributed by atoms with van der Waals surface area (Å²) < 4.78 is 39.0. The molecule has 9 heteroatoms. The van der Waals surface area contributed by atoms with Gasteiger partial charge in [-0.2, -0.15) is 4.31 Å². The van der Waals surface area contributed by atoms with Gasteiger partial charge in [0.1, 0.15) is 19.3 Å². The fourth-order valence-corrected chi connectivity index (χ4v) is 6.24. The number of ether oxygens (including phenoxy) is 2. The SMILES string of the molecule is O=C(Nc1ccc(N2CCCC2)cc1)[C@H]1CCCN1S(=O)(=O)c1ccc2c(c1)OCCO2. The number of rotatable bonds is 5. The van der Waals surface area contributed by atoms with Crippen LogP contribution in [0.5, 0.6) is 11.5 Å². The molecule has 32 heavy (non-hydrogen) atoms. The van der Waals surface area contributed by atoms with Gasteiger partial charge in [0.05, 0.1) is 4.90 Å². The molecule has 3 aliphatic heterocycles. The Balaban J connectivity index is 1.31. The van der Waals surface area contributed by atoms with E-state index in [1.807, 2.05) is 24.3 Å². The number of amides is 1. The molecule has 8 nitrogen and oxygen atoms in total.